The van der Waals surface area contributed by atoms with Gasteiger partial charge < -0.3 is 15.4 Å². The molecule has 2 rings (SSSR count). The van der Waals surface area contributed by atoms with E-state index in [2.05, 4.69) is 29.5 Å². The van der Waals surface area contributed by atoms with Gasteiger partial charge in [-0.3, -0.25) is 4.98 Å². The van der Waals surface area contributed by atoms with Crippen molar-refractivity contribution in [2.45, 2.75) is 45.3 Å². The topological polar surface area (TPSA) is 63.2 Å². The van der Waals surface area contributed by atoms with Crippen molar-refractivity contribution in [1.29, 1.82) is 0 Å². The van der Waals surface area contributed by atoms with Gasteiger partial charge in [0.2, 0.25) is 0 Å². The Morgan fingerprint density at radius 1 is 1.48 bits per heavy atom. The van der Waals surface area contributed by atoms with Crippen LogP contribution < -0.4 is 10.6 Å². The fourth-order valence-corrected chi connectivity index (χ4v) is 2.55. The van der Waals surface area contributed by atoms with Gasteiger partial charge in [0, 0.05) is 19.3 Å². The van der Waals surface area contributed by atoms with Crippen molar-refractivity contribution in [3.05, 3.63) is 30.1 Å². The average molecular weight is 291 g/mol. The standard InChI is InChI=1S/C16H25N3O2/c1-12(2)15(14-7-3-4-9-17-14)19-16(20)18-10-8-13-6-5-11-21-13/h3-4,7,9,12-13,15H,5-6,8,10-11H2,1-2H3,(H2,18,19,20)/t13-,15+/m1/s1. The van der Waals surface area contributed by atoms with Crippen LogP contribution in [0.15, 0.2) is 24.4 Å². The summed E-state index contributed by atoms with van der Waals surface area (Å²) >= 11 is 0. The van der Waals surface area contributed by atoms with Crippen LogP contribution in [0.5, 0.6) is 0 Å². The molecule has 2 heterocycles. The number of amides is 2. The third-order valence-corrected chi connectivity index (χ3v) is 3.74. The van der Waals surface area contributed by atoms with E-state index in [0.29, 0.717) is 12.6 Å². The van der Waals surface area contributed by atoms with E-state index in [0.717, 1.165) is 31.6 Å². The Bertz CT molecular complexity index is 430. The second-order valence-corrected chi connectivity index (χ2v) is 5.80. The van der Waals surface area contributed by atoms with E-state index in [-0.39, 0.29) is 18.0 Å². The predicted octanol–water partition coefficient (Wildman–Crippen LogP) is 2.65. The van der Waals surface area contributed by atoms with Gasteiger partial charge >= 0.3 is 6.03 Å². The van der Waals surface area contributed by atoms with Gasteiger partial charge in [-0.05, 0) is 37.3 Å². The van der Waals surface area contributed by atoms with Gasteiger partial charge in [-0.25, -0.2) is 4.79 Å². The molecule has 0 aliphatic carbocycles. The lowest BCUT2D eigenvalue weighted by atomic mass is 10.0. The molecular weight excluding hydrogens is 266 g/mol. The second-order valence-electron chi connectivity index (χ2n) is 5.80. The Morgan fingerprint density at radius 2 is 2.33 bits per heavy atom. The van der Waals surface area contributed by atoms with Crippen molar-refractivity contribution in [2.75, 3.05) is 13.2 Å². The summed E-state index contributed by atoms with van der Waals surface area (Å²) in [7, 11) is 0. The average Bonchev–Trinajstić information content (AvgIpc) is 2.98. The Labute approximate surface area is 126 Å². The summed E-state index contributed by atoms with van der Waals surface area (Å²) in [4.78, 5) is 16.3. The predicted molar refractivity (Wildman–Crippen MR) is 81.9 cm³/mol. The molecule has 5 nitrogen and oxygen atoms in total. The van der Waals surface area contributed by atoms with Gasteiger partial charge in [0.25, 0.3) is 0 Å². The lowest BCUT2D eigenvalue weighted by molar-refractivity contribution is 0.104. The minimum Gasteiger partial charge on any atom is -0.378 e. The first-order valence-electron chi connectivity index (χ1n) is 7.73. The number of ether oxygens (including phenoxy) is 1. The summed E-state index contributed by atoms with van der Waals surface area (Å²) in [5.41, 5.74) is 0.891. The normalized spacial score (nSPS) is 19.5. The van der Waals surface area contributed by atoms with Gasteiger partial charge in [-0.2, -0.15) is 0 Å². The highest BCUT2D eigenvalue weighted by Crippen LogP contribution is 2.19. The van der Waals surface area contributed by atoms with Crippen molar-refractivity contribution in [1.82, 2.24) is 15.6 Å². The molecule has 2 atom stereocenters. The van der Waals surface area contributed by atoms with Crippen LogP contribution in [-0.4, -0.2) is 30.3 Å². The zero-order valence-electron chi connectivity index (χ0n) is 12.8. The van der Waals surface area contributed by atoms with E-state index in [1.807, 2.05) is 18.2 Å². The lowest BCUT2D eigenvalue weighted by Gasteiger charge is -2.22. The molecule has 2 amide bonds. The number of carbonyl (C=O) groups is 1. The maximum atomic E-state index is 12.0. The minimum absolute atomic E-state index is 0.0751. The van der Waals surface area contributed by atoms with E-state index in [1.54, 1.807) is 6.20 Å². The highest BCUT2D eigenvalue weighted by atomic mass is 16.5. The summed E-state index contributed by atoms with van der Waals surface area (Å²) in [5.74, 6) is 0.281. The molecule has 1 aromatic rings. The van der Waals surface area contributed by atoms with Crippen molar-refractivity contribution in [3.8, 4) is 0 Å². The molecule has 0 unspecified atom stereocenters. The molecule has 1 aromatic heterocycles. The van der Waals surface area contributed by atoms with Gasteiger partial charge in [-0.1, -0.05) is 19.9 Å². The molecule has 0 spiro atoms. The zero-order valence-corrected chi connectivity index (χ0v) is 12.8. The largest absolute Gasteiger partial charge is 0.378 e. The molecule has 0 radical (unpaired) electrons. The molecule has 5 heteroatoms. The van der Waals surface area contributed by atoms with Gasteiger partial charge in [0.1, 0.15) is 0 Å². The number of nitrogens with zero attached hydrogens (tertiary/aromatic N) is 1. The number of aromatic nitrogens is 1. The van der Waals surface area contributed by atoms with Crippen LogP contribution >= 0.6 is 0 Å². The maximum Gasteiger partial charge on any atom is 0.315 e. The van der Waals surface area contributed by atoms with E-state index < -0.39 is 0 Å². The third-order valence-electron chi connectivity index (χ3n) is 3.74. The first-order chi connectivity index (χ1) is 10.2. The molecule has 2 N–H and O–H groups in total. The molecule has 0 bridgehead atoms. The van der Waals surface area contributed by atoms with Crippen molar-refractivity contribution in [2.24, 2.45) is 5.92 Å². The Balaban J connectivity index is 1.78. The van der Waals surface area contributed by atoms with Gasteiger partial charge in [0.05, 0.1) is 17.8 Å². The Hall–Kier alpha value is -1.62. The summed E-state index contributed by atoms with van der Waals surface area (Å²) in [6, 6.07) is 5.54. The van der Waals surface area contributed by atoms with Crippen LogP contribution in [0.2, 0.25) is 0 Å². The van der Waals surface area contributed by atoms with Crippen LogP contribution in [0.25, 0.3) is 0 Å². The molecular formula is C16H25N3O2. The van der Waals surface area contributed by atoms with Crippen LogP contribution in [0.3, 0.4) is 0 Å². The van der Waals surface area contributed by atoms with Gasteiger partial charge in [0.15, 0.2) is 0 Å². The molecule has 1 saturated heterocycles. The smallest absolute Gasteiger partial charge is 0.315 e. The number of carbonyl (C=O) groups excluding carboxylic acids is 1. The summed E-state index contributed by atoms with van der Waals surface area (Å²) in [5, 5.41) is 5.91. The molecule has 1 aliphatic heterocycles. The SMILES string of the molecule is CC(C)[C@H](NC(=O)NCC[C@H]1CCCO1)c1ccccn1. The van der Waals surface area contributed by atoms with Crippen molar-refractivity contribution < 1.29 is 9.53 Å². The van der Waals surface area contributed by atoms with Crippen molar-refractivity contribution >= 4 is 6.03 Å². The van der Waals surface area contributed by atoms with E-state index in [4.69, 9.17) is 4.74 Å². The second kappa shape index (κ2) is 7.98. The minimum atomic E-state index is -0.141. The van der Waals surface area contributed by atoms with Crippen LogP contribution in [0, 0.1) is 5.92 Å². The summed E-state index contributed by atoms with van der Waals surface area (Å²) < 4.78 is 5.54. The van der Waals surface area contributed by atoms with E-state index >= 15 is 0 Å². The highest BCUT2D eigenvalue weighted by molar-refractivity contribution is 5.74. The molecule has 0 aromatic carbocycles. The molecule has 1 aliphatic rings. The number of rotatable bonds is 6. The van der Waals surface area contributed by atoms with Crippen LogP contribution in [0.4, 0.5) is 4.79 Å². The van der Waals surface area contributed by atoms with Gasteiger partial charge in [-0.15, -0.1) is 0 Å². The fourth-order valence-electron chi connectivity index (χ4n) is 2.55. The maximum absolute atomic E-state index is 12.0. The number of hydrogen-bond acceptors (Lipinski definition) is 3. The number of pyridine rings is 1. The van der Waals surface area contributed by atoms with Crippen molar-refractivity contribution in [3.63, 3.8) is 0 Å². The molecule has 21 heavy (non-hydrogen) atoms. The first-order valence-corrected chi connectivity index (χ1v) is 7.73. The lowest BCUT2D eigenvalue weighted by Crippen LogP contribution is -2.41. The van der Waals surface area contributed by atoms with Crippen LogP contribution in [0.1, 0.15) is 44.8 Å². The van der Waals surface area contributed by atoms with E-state index in [1.165, 1.54) is 0 Å². The fraction of sp³-hybridized carbons (Fsp3) is 0.625. The first kappa shape index (κ1) is 15.8. The number of hydrogen-bond donors (Lipinski definition) is 2. The van der Waals surface area contributed by atoms with E-state index in [9.17, 15) is 4.79 Å². The van der Waals surface area contributed by atoms with Crippen LogP contribution in [-0.2, 0) is 4.74 Å². The summed E-state index contributed by atoms with van der Waals surface area (Å²) in [6.45, 7) is 5.65. The monoisotopic (exact) mass is 291 g/mol. The molecule has 0 saturated carbocycles. The zero-order chi connectivity index (χ0) is 15.1. The molecule has 116 valence electrons. The molecule has 1 fully saturated rings. The Morgan fingerprint density at radius 3 is 2.95 bits per heavy atom. The summed E-state index contributed by atoms with van der Waals surface area (Å²) in [6.07, 6.45) is 5.17. The third kappa shape index (κ3) is 5.01. The quantitative estimate of drug-likeness (QED) is 0.847. The number of nitrogens with one attached hydrogen (secondary N) is 2. The number of urea groups is 1. The Kier molecular flexibility index (Phi) is 5.99. The highest BCUT2D eigenvalue weighted by Gasteiger charge is 2.20.